The summed E-state index contributed by atoms with van der Waals surface area (Å²) < 4.78 is 18.7. The van der Waals surface area contributed by atoms with E-state index in [4.69, 9.17) is 15.7 Å². The van der Waals surface area contributed by atoms with Gasteiger partial charge in [-0.05, 0) is 24.6 Å². The molecule has 2 rings (SSSR count). The highest BCUT2D eigenvalue weighted by atomic mass is 19.1. The third-order valence-corrected chi connectivity index (χ3v) is 2.37. The Morgan fingerprint density at radius 1 is 1.39 bits per heavy atom. The van der Waals surface area contributed by atoms with Gasteiger partial charge in [-0.15, -0.1) is 0 Å². The molecule has 0 aliphatic heterocycles. The number of nitrogens with zero attached hydrogens (tertiary/aromatic N) is 2. The van der Waals surface area contributed by atoms with Crippen LogP contribution in [0.25, 0.3) is 0 Å². The summed E-state index contributed by atoms with van der Waals surface area (Å²) >= 11 is 0. The highest BCUT2D eigenvalue weighted by Gasteiger charge is 2.07. The molecule has 0 bridgehead atoms. The Balaban J connectivity index is 2.29. The van der Waals surface area contributed by atoms with E-state index in [1.807, 2.05) is 6.07 Å². The summed E-state index contributed by atoms with van der Waals surface area (Å²) in [5, 5.41) is 8.67. The maximum Gasteiger partial charge on any atom is 0.242 e. The number of pyridine rings is 1. The number of nitriles is 1. The van der Waals surface area contributed by atoms with Crippen LogP contribution in [0.2, 0.25) is 0 Å². The van der Waals surface area contributed by atoms with Gasteiger partial charge >= 0.3 is 0 Å². The maximum absolute atomic E-state index is 13.3. The predicted octanol–water partition coefficient (Wildman–Crippen LogP) is 2.78. The Morgan fingerprint density at radius 2 is 2.17 bits per heavy atom. The average molecular weight is 243 g/mol. The smallest absolute Gasteiger partial charge is 0.242 e. The fourth-order valence-corrected chi connectivity index (χ4v) is 1.36. The molecule has 0 atom stereocenters. The van der Waals surface area contributed by atoms with Crippen LogP contribution < -0.4 is 10.5 Å². The normalized spacial score (nSPS) is 9.83. The fourth-order valence-electron chi connectivity index (χ4n) is 1.36. The van der Waals surface area contributed by atoms with Gasteiger partial charge < -0.3 is 10.5 Å². The zero-order valence-corrected chi connectivity index (χ0v) is 9.64. The van der Waals surface area contributed by atoms with Gasteiger partial charge in [0.1, 0.15) is 17.6 Å². The van der Waals surface area contributed by atoms with E-state index in [1.165, 1.54) is 18.3 Å². The fraction of sp³-hybridized carbons (Fsp3) is 0.0769. The molecule has 5 heteroatoms. The second-order valence-electron chi connectivity index (χ2n) is 3.74. The molecule has 0 spiro atoms. The lowest BCUT2D eigenvalue weighted by molar-refractivity contribution is 0.460. The van der Waals surface area contributed by atoms with Crippen molar-refractivity contribution in [2.45, 2.75) is 6.92 Å². The van der Waals surface area contributed by atoms with Crippen molar-refractivity contribution in [2.24, 2.45) is 0 Å². The largest absolute Gasteiger partial charge is 0.437 e. The van der Waals surface area contributed by atoms with Crippen LogP contribution in [-0.4, -0.2) is 4.98 Å². The van der Waals surface area contributed by atoms with Crippen molar-refractivity contribution in [1.29, 1.82) is 5.26 Å². The van der Waals surface area contributed by atoms with E-state index < -0.39 is 0 Å². The minimum absolute atomic E-state index is 0.150. The molecule has 0 saturated carbocycles. The lowest BCUT2D eigenvalue weighted by atomic mass is 10.2. The molecule has 0 amide bonds. The SMILES string of the molecule is Cc1ccc(Oc2ncc(C#N)cc2N)cc1F. The topological polar surface area (TPSA) is 71.9 Å². The lowest BCUT2D eigenvalue weighted by Gasteiger charge is -2.07. The predicted molar refractivity (Wildman–Crippen MR) is 64.6 cm³/mol. The zero-order chi connectivity index (χ0) is 13.1. The number of hydrogen-bond donors (Lipinski definition) is 1. The molecule has 0 unspecified atom stereocenters. The first-order chi connectivity index (χ1) is 8.60. The Bertz CT molecular complexity index is 635. The number of aryl methyl sites for hydroxylation is 1. The number of ether oxygens (including phenoxy) is 1. The number of nitrogen functional groups attached to an aromatic ring is 1. The molecular weight excluding hydrogens is 233 g/mol. The number of rotatable bonds is 2. The Morgan fingerprint density at radius 3 is 2.78 bits per heavy atom. The van der Waals surface area contributed by atoms with Crippen molar-refractivity contribution >= 4 is 5.69 Å². The zero-order valence-electron chi connectivity index (χ0n) is 9.64. The van der Waals surface area contributed by atoms with E-state index in [0.717, 1.165) is 0 Å². The molecule has 2 N–H and O–H groups in total. The van der Waals surface area contributed by atoms with Gasteiger partial charge in [-0.1, -0.05) is 6.07 Å². The van der Waals surface area contributed by atoms with E-state index in [0.29, 0.717) is 16.9 Å². The summed E-state index contributed by atoms with van der Waals surface area (Å²) in [6.45, 7) is 1.66. The number of hydrogen-bond acceptors (Lipinski definition) is 4. The number of halogens is 1. The highest BCUT2D eigenvalue weighted by Crippen LogP contribution is 2.26. The van der Waals surface area contributed by atoms with Gasteiger partial charge in [-0.2, -0.15) is 5.26 Å². The highest BCUT2D eigenvalue weighted by molar-refractivity contribution is 5.53. The van der Waals surface area contributed by atoms with Crippen molar-refractivity contribution in [3.63, 3.8) is 0 Å². The summed E-state index contributed by atoms with van der Waals surface area (Å²) in [5.41, 5.74) is 6.79. The molecule has 4 nitrogen and oxygen atoms in total. The number of aromatic nitrogens is 1. The van der Waals surface area contributed by atoms with Crippen LogP contribution in [0.5, 0.6) is 11.6 Å². The van der Waals surface area contributed by atoms with E-state index >= 15 is 0 Å². The van der Waals surface area contributed by atoms with E-state index in [2.05, 4.69) is 4.98 Å². The summed E-state index contributed by atoms with van der Waals surface area (Å²) in [4.78, 5) is 3.90. The van der Waals surface area contributed by atoms with Crippen LogP contribution >= 0.6 is 0 Å². The monoisotopic (exact) mass is 243 g/mol. The molecule has 90 valence electrons. The van der Waals surface area contributed by atoms with E-state index in [1.54, 1.807) is 19.1 Å². The quantitative estimate of drug-likeness (QED) is 0.880. The standard InChI is InChI=1S/C13H10FN3O/c1-8-2-3-10(5-11(8)14)18-13-12(16)4-9(6-15)7-17-13/h2-5,7H,16H2,1H3. The van der Waals surface area contributed by atoms with Crippen molar-refractivity contribution < 1.29 is 9.13 Å². The van der Waals surface area contributed by atoms with Crippen molar-refractivity contribution in [3.8, 4) is 17.7 Å². The number of nitrogens with two attached hydrogens (primary N) is 1. The minimum Gasteiger partial charge on any atom is -0.437 e. The average Bonchev–Trinajstić information content (AvgIpc) is 2.36. The second kappa shape index (κ2) is 4.72. The molecular formula is C13H10FN3O. The molecule has 1 aromatic carbocycles. The van der Waals surface area contributed by atoms with Crippen LogP contribution in [0.3, 0.4) is 0 Å². The van der Waals surface area contributed by atoms with Crippen LogP contribution in [0.4, 0.5) is 10.1 Å². The van der Waals surface area contributed by atoms with E-state index in [-0.39, 0.29) is 17.4 Å². The first-order valence-corrected chi connectivity index (χ1v) is 5.20. The number of benzene rings is 1. The van der Waals surface area contributed by atoms with Crippen LogP contribution in [0.1, 0.15) is 11.1 Å². The molecule has 0 aliphatic carbocycles. The molecule has 1 aromatic heterocycles. The van der Waals surface area contributed by atoms with Crippen molar-refractivity contribution in [2.75, 3.05) is 5.73 Å². The first-order valence-electron chi connectivity index (χ1n) is 5.20. The molecule has 0 saturated heterocycles. The van der Waals surface area contributed by atoms with Gasteiger partial charge in [-0.3, -0.25) is 0 Å². The second-order valence-corrected chi connectivity index (χ2v) is 3.74. The van der Waals surface area contributed by atoms with Gasteiger partial charge in [0.15, 0.2) is 0 Å². The van der Waals surface area contributed by atoms with Crippen LogP contribution in [-0.2, 0) is 0 Å². The molecule has 0 radical (unpaired) electrons. The third-order valence-electron chi connectivity index (χ3n) is 2.37. The van der Waals surface area contributed by atoms with Crippen molar-refractivity contribution in [3.05, 3.63) is 47.4 Å². The molecule has 0 fully saturated rings. The number of anilines is 1. The van der Waals surface area contributed by atoms with Crippen LogP contribution in [0, 0.1) is 24.1 Å². The lowest BCUT2D eigenvalue weighted by Crippen LogP contribution is -1.96. The Kier molecular flexibility index (Phi) is 3.11. The minimum atomic E-state index is -0.361. The maximum atomic E-state index is 13.3. The summed E-state index contributed by atoms with van der Waals surface area (Å²) in [6.07, 6.45) is 1.34. The van der Waals surface area contributed by atoms with Crippen LogP contribution in [0.15, 0.2) is 30.5 Å². The molecule has 1 heterocycles. The first kappa shape index (κ1) is 11.9. The van der Waals surface area contributed by atoms with Gasteiger partial charge in [0.25, 0.3) is 0 Å². The Labute approximate surface area is 103 Å². The van der Waals surface area contributed by atoms with E-state index in [9.17, 15) is 4.39 Å². The summed E-state index contributed by atoms with van der Waals surface area (Å²) in [5.74, 6) is 0.0963. The summed E-state index contributed by atoms with van der Waals surface area (Å²) in [7, 11) is 0. The molecule has 0 aliphatic rings. The van der Waals surface area contributed by atoms with Crippen molar-refractivity contribution in [1.82, 2.24) is 4.98 Å². The molecule has 18 heavy (non-hydrogen) atoms. The molecule has 2 aromatic rings. The van der Waals surface area contributed by atoms with Gasteiger partial charge in [0, 0.05) is 12.3 Å². The summed E-state index contributed by atoms with van der Waals surface area (Å²) in [6, 6.07) is 7.85. The van der Waals surface area contributed by atoms with Gasteiger partial charge in [0.2, 0.25) is 5.88 Å². The Hall–Kier alpha value is -2.61. The van der Waals surface area contributed by atoms with Gasteiger partial charge in [0.05, 0.1) is 11.3 Å². The third kappa shape index (κ3) is 2.38. The van der Waals surface area contributed by atoms with Gasteiger partial charge in [-0.25, -0.2) is 9.37 Å².